The zero-order chi connectivity index (χ0) is 21.0. The number of nitrogens with one attached hydrogen (secondary N) is 1. The molecule has 3 N–H and O–H groups in total. The number of rotatable bonds is 5. The number of halogens is 3. The van der Waals surface area contributed by atoms with E-state index in [0.717, 1.165) is 17.5 Å². The zero-order valence-corrected chi connectivity index (χ0v) is 15.8. The number of anilines is 1. The predicted octanol–water partition coefficient (Wildman–Crippen LogP) is 4.13. The zero-order valence-electron chi connectivity index (χ0n) is 15.0. The summed E-state index contributed by atoms with van der Waals surface area (Å²) in [5, 5.41) is 3.25. The molecule has 0 radical (unpaired) electrons. The van der Waals surface area contributed by atoms with E-state index in [2.05, 4.69) is 19.7 Å². The van der Waals surface area contributed by atoms with Crippen molar-refractivity contribution in [3.63, 3.8) is 0 Å². The topological polar surface area (TPSA) is 93.3 Å². The van der Waals surface area contributed by atoms with Crippen molar-refractivity contribution < 1.29 is 17.5 Å². The first kappa shape index (κ1) is 20.3. The molecule has 0 spiro atoms. The Hall–Kier alpha value is -3.40. The van der Waals surface area contributed by atoms with Crippen LogP contribution in [-0.4, -0.2) is 21.6 Å². The Balaban J connectivity index is 1.87. The van der Waals surface area contributed by atoms with Crippen molar-refractivity contribution in [1.82, 2.24) is 9.97 Å². The van der Waals surface area contributed by atoms with E-state index >= 15 is 0 Å². The van der Waals surface area contributed by atoms with Gasteiger partial charge in [-0.25, -0.2) is 18.7 Å². The van der Waals surface area contributed by atoms with Crippen LogP contribution in [0.2, 0.25) is 0 Å². The second kappa shape index (κ2) is 8.74. The first-order chi connectivity index (χ1) is 13.9. The van der Waals surface area contributed by atoms with Crippen LogP contribution in [0.3, 0.4) is 0 Å². The van der Waals surface area contributed by atoms with Crippen molar-refractivity contribution in [3.05, 3.63) is 71.4 Å². The van der Waals surface area contributed by atoms with Gasteiger partial charge in [-0.3, -0.25) is 4.79 Å². The number of hydrogen-bond acceptors (Lipinski definition) is 6. The standard InChI is InChI=1S/C19H14F3N5OS/c1-10-7-12(8-13(20)17(10)21)14(23)9-15(27-29-22)19(28)26-16-5-4-11-3-2-6-24-18(11)25-16/h2-9H,23H2,1H3,(H,24,25,26,28)/b14-9-,27-15-. The van der Waals surface area contributed by atoms with Gasteiger partial charge >= 0.3 is 0 Å². The van der Waals surface area contributed by atoms with Crippen LogP contribution >= 0.6 is 12.3 Å². The number of benzene rings is 1. The predicted molar refractivity (Wildman–Crippen MR) is 108 cm³/mol. The highest BCUT2D eigenvalue weighted by Crippen LogP contribution is 2.19. The molecule has 3 aromatic rings. The summed E-state index contributed by atoms with van der Waals surface area (Å²) >= 11 is -0.443. The highest BCUT2D eigenvalue weighted by atomic mass is 32.2. The average molecular weight is 417 g/mol. The molecule has 0 aliphatic carbocycles. The highest BCUT2D eigenvalue weighted by molar-refractivity contribution is 7.93. The Bertz CT molecular complexity index is 1130. The van der Waals surface area contributed by atoms with Crippen LogP contribution in [0.4, 0.5) is 18.5 Å². The summed E-state index contributed by atoms with van der Waals surface area (Å²) in [4.78, 5) is 20.8. The van der Waals surface area contributed by atoms with E-state index in [1.165, 1.54) is 13.0 Å². The molecule has 148 valence electrons. The lowest BCUT2D eigenvalue weighted by atomic mass is 10.1. The van der Waals surface area contributed by atoms with Gasteiger partial charge in [-0.05, 0) is 55.0 Å². The Morgan fingerprint density at radius 1 is 1.28 bits per heavy atom. The summed E-state index contributed by atoms with van der Waals surface area (Å²) < 4.78 is 43.2. The SMILES string of the molecule is Cc1cc(/C(N)=C/C(=N/SF)C(=O)Nc2ccc3cccnc3n2)cc(F)c1F. The molecule has 0 saturated heterocycles. The number of aryl methyl sites for hydroxylation is 1. The van der Waals surface area contributed by atoms with Gasteiger partial charge in [-0.15, -0.1) is 3.89 Å². The lowest BCUT2D eigenvalue weighted by Crippen LogP contribution is -2.22. The van der Waals surface area contributed by atoms with E-state index in [9.17, 15) is 17.5 Å². The second-order valence-electron chi connectivity index (χ2n) is 5.93. The van der Waals surface area contributed by atoms with Gasteiger partial charge in [0.05, 0.1) is 0 Å². The lowest BCUT2D eigenvalue weighted by molar-refractivity contribution is -0.110. The summed E-state index contributed by atoms with van der Waals surface area (Å²) in [6.45, 7) is 1.37. The van der Waals surface area contributed by atoms with Crippen LogP contribution < -0.4 is 11.1 Å². The summed E-state index contributed by atoms with van der Waals surface area (Å²) in [5.74, 6) is -2.70. The molecule has 6 nitrogen and oxygen atoms in total. The summed E-state index contributed by atoms with van der Waals surface area (Å²) in [5.41, 5.74) is 5.98. The Labute approximate surface area is 168 Å². The molecule has 0 saturated carbocycles. The molecular weight excluding hydrogens is 403 g/mol. The smallest absolute Gasteiger partial charge is 0.276 e. The molecule has 2 aromatic heterocycles. The molecule has 29 heavy (non-hydrogen) atoms. The molecular formula is C19H14F3N5OS. The largest absolute Gasteiger partial charge is 0.398 e. The Kier molecular flexibility index (Phi) is 6.13. The number of nitrogens with zero attached hydrogens (tertiary/aromatic N) is 3. The van der Waals surface area contributed by atoms with Crippen LogP contribution in [0.15, 0.2) is 53.1 Å². The van der Waals surface area contributed by atoms with Gasteiger partial charge in [0, 0.05) is 22.8 Å². The summed E-state index contributed by atoms with van der Waals surface area (Å²) in [7, 11) is 0. The van der Waals surface area contributed by atoms with Crippen LogP contribution in [0.5, 0.6) is 0 Å². The third kappa shape index (κ3) is 4.72. The first-order valence-corrected chi connectivity index (χ1v) is 8.88. The monoisotopic (exact) mass is 417 g/mol. The van der Waals surface area contributed by atoms with Crippen LogP contribution in [0.1, 0.15) is 11.1 Å². The fraction of sp³-hybridized carbons (Fsp3) is 0.0526. The molecule has 1 amide bonds. The number of hydrogen-bond donors (Lipinski definition) is 2. The van der Waals surface area contributed by atoms with Crippen LogP contribution in [0, 0.1) is 18.6 Å². The van der Waals surface area contributed by atoms with Crippen molar-refractivity contribution in [2.24, 2.45) is 10.1 Å². The minimum Gasteiger partial charge on any atom is -0.398 e. The quantitative estimate of drug-likeness (QED) is 0.481. The van der Waals surface area contributed by atoms with E-state index in [1.807, 2.05) is 0 Å². The third-order valence-corrected chi connectivity index (χ3v) is 4.17. The molecule has 0 atom stereocenters. The van der Waals surface area contributed by atoms with Gasteiger partial charge < -0.3 is 11.1 Å². The van der Waals surface area contributed by atoms with Gasteiger partial charge in [0.15, 0.2) is 29.6 Å². The van der Waals surface area contributed by atoms with Crippen LogP contribution in [0.25, 0.3) is 16.7 Å². The number of amides is 1. The second-order valence-corrected chi connectivity index (χ2v) is 6.26. The number of nitrogens with two attached hydrogens (primary N) is 1. The molecule has 10 heteroatoms. The van der Waals surface area contributed by atoms with Crippen molar-refractivity contribution in [3.8, 4) is 0 Å². The number of carbonyl (C=O) groups excluding carboxylic acids is 1. The van der Waals surface area contributed by atoms with Gasteiger partial charge in [0.25, 0.3) is 5.91 Å². The first-order valence-electron chi connectivity index (χ1n) is 8.21. The van der Waals surface area contributed by atoms with Crippen molar-refractivity contribution in [2.75, 3.05) is 5.32 Å². The Morgan fingerprint density at radius 3 is 2.79 bits per heavy atom. The fourth-order valence-corrected chi connectivity index (χ4v) is 2.71. The Morgan fingerprint density at radius 2 is 2.07 bits per heavy atom. The maximum absolute atomic E-state index is 13.6. The summed E-state index contributed by atoms with van der Waals surface area (Å²) in [6.07, 6.45) is 2.62. The fourth-order valence-electron chi connectivity index (χ4n) is 2.50. The normalized spacial score (nSPS) is 12.3. The van der Waals surface area contributed by atoms with Gasteiger partial charge in [0.1, 0.15) is 11.5 Å². The van der Waals surface area contributed by atoms with E-state index < -0.39 is 29.9 Å². The van der Waals surface area contributed by atoms with Gasteiger partial charge in [-0.1, -0.05) is 0 Å². The number of pyridine rings is 2. The average Bonchev–Trinajstić information content (AvgIpc) is 2.71. The maximum Gasteiger partial charge on any atom is 0.276 e. The molecule has 0 aliphatic heterocycles. The number of aromatic nitrogens is 2. The minimum atomic E-state index is -1.09. The van der Waals surface area contributed by atoms with E-state index in [4.69, 9.17) is 5.73 Å². The number of carbonyl (C=O) groups is 1. The van der Waals surface area contributed by atoms with Crippen LogP contribution in [-0.2, 0) is 4.79 Å². The van der Waals surface area contributed by atoms with Crippen molar-refractivity contribution in [2.45, 2.75) is 6.92 Å². The van der Waals surface area contributed by atoms with E-state index in [-0.39, 0.29) is 28.4 Å². The number of fused-ring (bicyclic) bond motifs is 1. The molecule has 0 unspecified atom stereocenters. The highest BCUT2D eigenvalue weighted by Gasteiger charge is 2.14. The molecule has 0 fully saturated rings. The third-order valence-electron chi connectivity index (χ3n) is 3.91. The molecule has 3 rings (SSSR count). The lowest BCUT2D eigenvalue weighted by Gasteiger charge is -2.08. The van der Waals surface area contributed by atoms with Crippen molar-refractivity contribution in [1.29, 1.82) is 0 Å². The van der Waals surface area contributed by atoms with Gasteiger partial charge in [0.2, 0.25) is 0 Å². The summed E-state index contributed by atoms with van der Waals surface area (Å²) in [6, 6.07) is 9.00. The van der Waals surface area contributed by atoms with E-state index in [1.54, 1.807) is 30.5 Å². The molecule has 0 aliphatic rings. The van der Waals surface area contributed by atoms with E-state index in [0.29, 0.717) is 5.65 Å². The maximum atomic E-state index is 13.6. The van der Waals surface area contributed by atoms with Gasteiger partial charge in [-0.2, -0.15) is 4.40 Å². The molecule has 1 aromatic carbocycles. The molecule has 0 bridgehead atoms. The van der Waals surface area contributed by atoms with Crippen molar-refractivity contribution >= 4 is 46.5 Å². The minimum absolute atomic E-state index is 0.0343. The molecule has 2 heterocycles.